The summed E-state index contributed by atoms with van der Waals surface area (Å²) in [4.78, 5) is 37.6. The van der Waals surface area contributed by atoms with E-state index in [9.17, 15) is 28.3 Å². The SMILES string of the molecule is CC(C)(C)C(c1cc(-c2cc(F)ccc2F)cn1Cc1ccccc1)N(CCC(N)C(=O)NCCNC=O)C(=O)CO. The molecule has 0 bridgehead atoms. The van der Waals surface area contributed by atoms with Gasteiger partial charge in [-0.1, -0.05) is 51.1 Å². The number of aliphatic hydroxyl groups is 1. The van der Waals surface area contributed by atoms with Gasteiger partial charge >= 0.3 is 0 Å². The molecule has 0 radical (unpaired) electrons. The topological polar surface area (TPSA) is 130 Å². The van der Waals surface area contributed by atoms with Crippen LogP contribution in [0.15, 0.2) is 60.8 Å². The van der Waals surface area contributed by atoms with Crippen molar-refractivity contribution in [2.24, 2.45) is 11.1 Å². The third kappa shape index (κ3) is 8.46. The summed E-state index contributed by atoms with van der Waals surface area (Å²) >= 11 is 0. The van der Waals surface area contributed by atoms with Crippen molar-refractivity contribution in [3.05, 3.63) is 83.7 Å². The standard InChI is InChI=1S/C31H39F2N5O4/c1-31(2,3)29(38(28(41)19-39)14-11-26(34)30(42)36-13-12-35-20-40)27-15-22(24-16-23(32)9-10-25(24)33)18-37(27)17-21-7-5-4-6-8-21/h4-10,15-16,18,20,26,29,39H,11-14,17,19,34H2,1-3H3,(H,35,40)(H,36,42). The Morgan fingerprint density at radius 3 is 2.45 bits per heavy atom. The van der Waals surface area contributed by atoms with E-state index in [0.717, 1.165) is 23.8 Å². The number of aliphatic hydroxyl groups excluding tert-OH is 1. The molecule has 0 saturated carbocycles. The maximum absolute atomic E-state index is 14.9. The molecule has 0 aliphatic heterocycles. The van der Waals surface area contributed by atoms with E-state index >= 15 is 0 Å². The minimum Gasteiger partial charge on any atom is -0.387 e. The molecule has 3 amide bonds. The quantitative estimate of drug-likeness (QED) is 0.171. The van der Waals surface area contributed by atoms with E-state index < -0.39 is 47.6 Å². The highest BCUT2D eigenvalue weighted by Crippen LogP contribution is 2.41. The first-order chi connectivity index (χ1) is 20.0. The molecule has 1 heterocycles. The maximum atomic E-state index is 14.9. The van der Waals surface area contributed by atoms with Crippen molar-refractivity contribution in [2.75, 3.05) is 26.2 Å². The Kier molecular flexibility index (Phi) is 11.3. The van der Waals surface area contributed by atoms with Gasteiger partial charge in [-0.3, -0.25) is 14.4 Å². The summed E-state index contributed by atoms with van der Waals surface area (Å²) in [5.41, 5.74) is 7.65. The molecule has 2 atom stereocenters. The van der Waals surface area contributed by atoms with Crippen LogP contribution in [0.3, 0.4) is 0 Å². The molecule has 0 spiro atoms. The van der Waals surface area contributed by atoms with Gasteiger partial charge < -0.3 is 30.9 Å². The predicted octanol–water partition coefficient (Wildman–Crippen LogP) is 2.97. The number of nitrogens with two attached hydrogens (primary N) is 1. The van der Waals surface area contributed by atoms with Crippen molar-refractivity contribution in [3.8, 4) is 11.1 Å². The second-order valence-electron chi connectivity index (χ2n) is 11.2. The van der Waals surface area contributed by atoms with Crippen LogP contribution >= 0.6 is 0 Å². The zero-order valence-corrected chi connectivity index (χ0v) is 24.1. The molecule has 3 rings (SSSR count). The van der Waals surface area contributed by atoms with E-state index in [2.05, 4.69) is 10.6 Å². The van der Waals surface area contributed by atoms with E-state index in [4.69, 9.17) is 5.73 Å². The molecule has 0 aliphatic rings. The summed E-state index contributed by atoms with van der Waals surface area (Å²) in [5, 5.41) is 15.0. The molecule has 42 heavy (non-hydrogen) atoms. The highest BCUT2D eigenvalue weighted by molar-refractivity contribution is 5.82. The van der Waals surface area contributed by atoms with Crippen LogP contribution in [0.1, 0.15) is 44.5 Å². The first-order valence-electron chi connectivity index (χ1n) is 13.8. The van der Waals surface area contributed by atoms with Gasteiger partial charge in [-0.25, -0.2) is 8.78 Å². The van der Waals surface area contributed by atoms with Crippen LogP contribution in [0, 0.1) is 17.0 Å². The van der Waals surface area contributed by atoms with Crippen molar-refractivity contribution in [2.45, 2.75) is 45.8 Å². The Balaban J connectivity index is 2.03. The van der Waals surface area contributed by atoms with Crippen molar-refractivity contribution >= 4 is 18.2 Å². The van der Waals surface area contributed by atoms with E-state index in [1.54, 1.807) is 12.3 Å². The van der Waals surface area contributed by atoms with Crippen LogP contribution in [-0.2, 0) is 20.9 Å². The summed E-state index contributed by atoms with van der Waals surface area (Å²) in [5.74, 6) is -2.18. The minimum atomic E-state index is -0.955. The van der Waals surface area contributed by atoms with Crippen LogP contribution in [-0.4, -0.2) is 65.1 Å². The first-order valence-corrected chi connectivity index (χ1v) is 13.8. The third-order valence-electron chi connectivity index (χ3n) is 6.90. The number of amides is 3. The monoisotopic (exact) mass is 583 g/mol. The summed E-state index contributed by atoms with van der Waals surface area (Å²) in [6.07, 6.45) is 2.35. The molecule has 9 nitrogen and oxygen atoms in total. The number of hydrogen-bond acceptors (Lipinski definition) is 5. The molecule has 3 aromatic rings. The first kappa shape index (κ1) is 32.4. The number of carbonyl (C=O) groups excluding carboxylic acids is 3. The number of nitrogens with zero attached hydrogens (tertiary/aromatic N) is 2. The van der Waals surface area contributed by atoms with Crippen LogP contribution in [0.4, 0.5) is 8.78 Å². The highest BCUT2D eigenvalue weighted by Gasteiger charge is 2.37. The van der Waals surface area contributed by atoms with Gasteiger partial charge in [-0.05, 0) is 41.7 Å². The van der Waals surface area contributed by atoms with Crippen LogP contribution in [0.25, 0.3) is 11.1 Å². The molecular formula is C31H39F2N5O4. The van der Waals surface area contributed by atoms with Gasteiger partial charge in [0.25, 0.3) is 0 Å². The Labute approximate surface area is 244 Å². The maximum Gasteiger partial charge on any atom is 0.248 e. The second kappa shape index (κ2) is 14.7. The molecule has 0 fully saturated rings. The van der Waals surface area contributed by atoms with E-state index in [1.807, 2.05) is 55.7 Å². The molecule has 2 aromatic carbocycles. The van der Waals surface area contributed by atoms with Gasteiger partial charge in [0.1, 0.15) is 18.2 Å². The van der Waals surface area contributed by atoms with Crippen molar-refractivity contribution in [1.29, 1.82) is 0 Å². The molecule has 0 aliphatic carbocycles. The fraction of sp³-hybridized carbons (Fsp3) is 0.387. The predicted molar refractivity (Wildman–Crippen MR) is 156 cm³/mol. The number of aromatic nitrogens is 1. The zero-order valence-electron chi connectivity index (χ0n) is 24.1. The number of nitrogens with one attached hydrogen (secondary N) is 2. The van der Waals surface area contributed by atoms with Gasteiger partial charge in [-0.15, -0.1) is 0 Å². The number of rotatable bonds is 14. The van der Waals surface area contributed by atoms with Gasteiger partial charge in [0, 0.05) is 49.2 Å². The lowest BCUT2D eigenvalue weighted by Gasteiger charge is -2.41. The van der Waals surface area contributed by atoms with Crippen molar-refractivity contribution in [1.82, 2.24) is 20.1 Å². The van der Waals surface area contributed by atoms with Gasteiger partial charge in [0.15, 0.2) is 0 Å². The molecule has 1 aromatic heterocycles. The summed E-state index contributed by atoms with van der Waals surface area (Å²) in [6.45, 7) is 5.91. The molecule has 11 heteroatoms. The fourth-order valence-corrected chi connectivity index (χ4v) is 4.96. The van der Waals surface area contributed by atoms with Crippen molar-refractivity contribution in [3.63, 3.8) is 0 Å². The molecule has 226 valence electrons. The lowest BCUT2D eigenvalue weighted by atomic mass is 9.82. The molecule has 0 saturated heterocycles. The average molecular weight is 584 g/mol. The Bertz CT molecular complexity index is 1360. The lowest BCUT2D eigenvalue weighted by Crippen LogP contribution is -2.48. The molecule has 5 N–H and O–H groups in total. The van der Waals surface area contributed by atoms with Gasteiger partial charge in [-0.2, -0.15) is 0 Å². The van der Waals surface area contributed by atoms with E-state index in [0.29, 0.717) is 24.2 Å². The Morgan fingerprint density at radius 1 is 1.10 bits per heavy atom. The lowest BCUT2D eigenvalue weighted by molar-refractivity contribution is -0.140. The second-order valence-corrected chi connectivity index (χ2v) is 11.2. The summed E-state index contributed by atoms with van der Waals surface area (Å²) in [6, 6.07) is 13.0. The van der Waals surface area contributed by atoms with Crippen LogP contribution in [0.2, 0.25) is 0 Å². The van der Waals surface area contributed by atoms with Crippen molar-refractivity contribution < 1.29 is 28.3 Å². The number of benzene rings is 2. The molecular weight excluding hydrogens is 544 g/mol. The van der Waals surface area contributed by atoms with E-state index in [1.165, 1.54) is 4.90 Å². The van der Waals surface area contributed by atoms with Gasteiger partial charge in [0.05, 0.1) is 12.1 Å². The Hall–Kier alpha value is -4.09. The average Bonchev–Trinajstić information content (AvgIpc) is 3.35. The molecule has 2 unspecified atom stereocenters. The minimum absolute atomic E-state index is 0.0443. The number of hydrogen-bond donors (Lipinski definition) is 4. The highest BCUT2D eigenvalue weighted by atomic mass is 19.1. The summed E-state index contributed by atoms with van der Waals surface area (Å²) < 4.78 is 30.9. The van der Waals surface area contributed by atoms with E-state index in [-0.39, 0.29) is 31.6 Å². The van der Waals surface area contributed by atoms with Crippen LogP contribution < -0.4 is 16.4 Å². The number of carbonyl (C=O) groups is 3. The fourth-order valence-electron chi connectivity index (χ4n) is 4.96. The summed E-state index contributed by atoms with van der Waals surface area (Å²) in [7, 11) is 0. The zero-order chi connectivity index (χ0) is 30.9. The number of halogens is 2. The van der Waals surface area contributed by atoms with Gasteiger partial charge in [0.2, 0.25) is 18.2 Å². The smallest absolute Gasteiger partial charge is 0.248 e. The normalized spacial score (nSPS) is 12.8. The van der Waals surface area contributed by atoms with Crippen LogP contribution in [0.5, 0.6) is 0 Å². The Morgan fingerprint density at radius 2 is 1.81 bits per heavy atom. The third-order valence-corrected chi connectivity index (χ3v) is 6.90. The largest absolute Gasteiger partial charge is 0.387 e.